The summed E-state index contributed by atoms with van der Waals surface area (Å²) in [5.41, 5.74) is 11.3. The zero-order chi connectivity index (χ0) is 26.3. The minimum absolute atomic E-state index is 0.0138. The topological polar surface area (TPSA) is 245 Å². The number of phosphoric ester groups is 1. The average Bonchev–Trinajstić information content (AvgIpc) is 3.54. The Bertz CT molecular complexity index is 1390. The van der Waals surface area contributed by atoms with Gasteiger partial charge in [-0.2, -0.15) is 4.98 Å². The lowest BCUT2D eigenvalue weighted by Gasteiger charge is -2.26. The van der Waals surface area contributed by atoms with Crippen LogP contribution in [-0.4, -0.2) is 88.4 Å². The second-order valence-electron chi connectivity index (χ2n) is 8.51. The second-order valence-corrected chi connectivity index (χ2v) is 9.92. The van der Waals surface area contributed by atoms with Crippen molar-refractivity contribution in [2.75, 3.05) is 31.3 Å². The molecule has 0 amide bonds. The van der Waals surface area contributed by atoms with Crippen LogP contribution in [0.25, 0.3) is 11.2 Å². The predicted octanol–water partition coefficient (Wildman–Crippen LogP) is -1.67. The monoisotopic (exact) mass is 540 g/mol. The Morgan fingerprint density at radius 1 is 1.22 bits per heavy atom. The molecule has 0 aliphatic carbocycles. The van der Waals surface area contributed by atoms with Gasteiger partial charge in [0.15, 0.2) is 11.5 Å². The third-order valence-electron chi connectivity index (χ3n) is 6.17. The molecule has 17 nitrogen and oxygen atoms in total. The van der Waals surface area contributed by atoms with Crippen molar-refractivity contribution >= 4 is 30.6 Å². The SMILES string of the molecule is Nc1ccn(C2C[C@@H](O)[C@@H](COP(=O)(O)O[C@H]3[C@@H](CO)OC[C@@H]3n3cnc4c(N)ncnc43)O2)c(=O)n1. The van der Waals surface area contributed by atoms with Gasteiger partial charge in [0.05, 0.1) is 38.3 Å². The van der Waals surface area contributed by atoms with Gasteiger partial charge in [-0.05, 0) is 6.07 Å². The number of aliphatic hydroxyl groups is 2. The number of nitrogen functional groups attached to an aromatic ring is 2. The highest BCUT2D eigenvalue weighted by Gasteiger charge is 2.45. The van der Waals surface area contributed by atoms with E-state index in [0.717, 1.165) is 4.57 Å². The molecule has 18 heteroatoms. The first-order chi connectivity index (χ1) is 17.7. The number of nitrogens with two attached hydrogens (primary N) is 2. The lowest BCUT2D eigenvalue weighted by atomic mass is 10.1. The number of imidazole rings is 1. The maximum absolute atomic E-state index is 12.9. The van der Waals surface area contributed by atoms with E-state index in [1.54, 1.807) is 4.57 Å². The number of hydrogen-bond donors (Lipinski definition) is 5. The number of hydrogen-bond acceptors (Lipinski definition) is 14. The Hall–Kier alpha value is -3.02. The van der Waals surface area contributed by atoms with E-state index in [4.69, 9.17) is 30.0 Å². The van der Waals surface area contributed by atoms with Crippen LogP contribution in [-0.2, 0) is 23.1 Å². The molecule has 7 N–H and O–H groups in total. The molecule has 7 atom stereocenters. The molecule has 5 rings (SSSR count). The van der Waals surface area contributed by atoms with Crippen molar-refractivity contribution < 1.29 is 38.2 Å². The van der Waals surface area contributed by atoms with Gasteiger partial charge in [0, 0.05) is 12.6 Å². The van der Waals surface area contributed by atoms with Gasteiger partial charge >= 0.3 is 13.5 Å². The van der Waals surface area contributed by atoms with Crippen molar-refractivity contribution in [3.63, 3.8) is 0 Å². The number of aliphatic hydroxyl groups excluding tert-OH is 2. The van der Waals surface area contributed by atoms with E-state index < -0.39 is 63.4 Å². The molecule has 2 unspecified atom stereocenters. The summed E-state index contributed by atoms with van der Waals surface area (Å²) in [4.78, 5) is 38.3. The normalized spacial score (nSPS) is 29.6. The highest BCUT2D eigenvalue weighted by Crippen LogP contribution is 2.49. The van der Waals surface area contributed by atoms with Gasteiger partial charge in [-0.3, -0.25) is 13.6 Å². The molecular formula is C19H25N8O9P. The van der Waals surface area contributed by atoms with Gasteiger partial charge in [0.2, 0.25) is 0 Å². The van der Waals surface area contributed by atoms with E-state index in [1.807, 2.05) is 0 Å². The fourth-order valence-corrected chi connectivity index (χ4v) is 5.32. The molecular weight excluding hydrogens is 515 g/mol. The lowest BCUT2D eigenvalue weighted by Crippen LogP contribution is -2.34. The molecule has 0 saturated carbocycles. The van der Waals surface area contributed by atoms with Crippen molar-refractivity contribution in [3.05, 3.63) is 35.4 Å². The van der Waals surface area contributed by atoms with Crippen LogP contribution in [0.5, 0.6) is 0 Å². The van der Waals surface area contributed by atoms with Gasteiger partial charge < -0.3 is 40.6 Å². The molecule has 0 bridgehead atoms. The van der Waals surface area contributed by atoms with Crippen LogP contribution >= 0.6 is 7.82 Å². The molecule has 0 spiro atoms. The van der Waals surface area contributed by atoms with Crippen LogP contribution in [0.4, 0.5) is 11.6 Å². The summed E-state index contributed by atoms with van der Waals surface area (Å²) in [5, 5.41) is 20.1. The number of nitrogens with zero attached hydrogens (tertiary/aromatic N) is 6. The smallest absolute Gasteiger partial charge is 0.394 e. The van der Waals surface area contributed by atoms with Gasteiger partial charge in [-0.15, -0.1) is 0 Å². The molecule has 3 aromatic rings. The number of ether oxygens (including phenoxy) is 2. The summed E-state index contributed by atoms with van der Waals surface area (Å²) in [7, 11) is -4.76. The van der Waals surface area contributed by atoms with Crippen LogP contribution < -0.4 is 17.2 Å². The van der Waals surface area contributed by atoms with Crippen molar-refractivity contribution in [1.82, 2.24) is 29.1 Å². The summed E-state index contributed by atoms with van der Waals surface area (Å²) >= 11 is 0. The highest BCUT2D eigenvalue weighted by molar-refractivity contribution is 7.47. The van der Waals surface area contributed by atoms with E-state index in [2.05, 4.69) is 19.9 Å². The fraction of sp³-hybridized carbons (Fsp3) is 0.526. The first kappa shape index (κ1) is 25.6. The van der Waals surface area contributed by atoms with Crippen molar-refractivity contribution in [1.29, 1.82) is 0 Å². The van der Waals surface area contributed by atoms with E-state index in [-0.39, 0.29) is 24.7 Å². The quantitative estimate of drug-likeness (QED) is 0.200. The van der Waals surface area contributed by atoms with E-state index in [0.29, 0.717) is 11.2 Å². The Kier molecular flexibility index (Phi) is 6.95. The average molecular weight is 540 g/mol. The molecule has 0 radical (unpaired) electrons. The van der Waals surface area contributed by atoms with Gasteiger partial charge in [0.1, 0.15) is 42.2 Å². The van der Waals surface area contributed by atoms with E-state index in [9.17, 15) is 24.5 Å². The Labute approximate surface area is 208 Å². The number of fused-ring (bicyclic) bond motifs is 1. The molecule has 200 valence electrons. The largest absolute Gasteiger partial charge is 0.472 e. The van der Waals surface area contributed by atoms with Gasteiger partial charge in [-0.1, -0.05) is 0 Å². The first-order valence-corrected chi connectivity index (χ1v) is 12.7. The highest BCUT2D eigenvalue weighted by atomic mass is 31.2. The van der Waals surface area contributed by atoms with E-state index in [1.165, 1.54) is 24.9 Å². The molecule has 2 saturated heterocycles. The summed E-state index contributed by atoms with van der Waals surface area (Å²) in [6.07, 6.45) is -1.05. The predicted molar refractivity (Wildman–Crippen MR) is 124 cm³/mol. The van der Waals surface area contributed by atoms with Gasteiger partial charge in [0.25, 0.3) is 0 Å². The second kappa shape index (κ2) is 10.0. The minimum atomic E-state index is -4.76. The number of anilines is 2. The van der Waals surface area contributed by atoms with Crippen LogP contribution in [0.3, 0.4) is 0 Å². The zero-order valence-corrected chi connectivity index (χ0v) is 20.1. The molecule has 37 heavy (non-hydrogen) atoms. The van der Waals surface area contributed by atoms with Crippen LogP contribution in [0.1, 0.15) is 18.7 Å². The minimum Gasteiger partial charge on any atom is -0.394 e. The standard InChI is InChI=1S/C19H25N8O9P/c20-13-1-2-26(19(30)25-13)14-3-10(29)12(35-14)6-34-37(31,32)36-16-9(5-33-11(16)4-28)27-8-24-15-17(21)22-7-23-18(15)27/h1-2,7-12,14,16,28-29H,3-6H2,(H,31,32)(H2,20,25,30)(H2,21,22,23)/t9-,10+,11+,12+,14?,16+/m0/s1. The third-order valence-corrected chi connectivity index (χ3v) is 7.16. The molecule has 3 aromatic heterocycles. The number of rotatable bonds is 8. The van der Waals surface area contributed by atoms with Crippen LogP contribution in [0.2, 0.25) is 0 Å². The zero-order valence-electron chi connectivity index (χ0n) is 19.2. The number of phosphoric acid groups is 1. The Morgan fingerprint density at radius 3 is 2.78 bits per heavy atom. The molecule has 2 aliphatic heterocycles. The fourth-order valence-electron chi connectivity index (χ4n) is 4.34. The first-order valence-electron chi connectivity index (χ1n) is 11.2. The maximum Gasteiger partial charge on any atom is 0.472 e. The summed E-state index contributed by atoms with van der Waals surface area (Å²) in [5.74, 6) is 0.188. The van der Waals surface area contributed by atoms with Crippen molar-refractivity contribution in [3.8, 4) is 0 Å². The maximum atomic E-state index is 12.9. The number of aromatic nitrogens is 6. The van der Waals surface area contributed by atoms with Crippen molar-refractivity contribution in [2.24, 2.45) is 0 Å². The summed E-state index contributed by atoms with van der Waals surface area (Å²) < 4.78 is 37.3. The molecule has 2 fully saturated rings. The van der Waals surface area contributed by atoms with Crippen molar-refractivity contribution in [2.45, 2.75) is 43.1 Å². The molecule has 2 aliphatic rings. The Balaban J connectivity index is 1.27. The molecule has 0 aromatic carbocycles. The van der Waals surface area contributed by atoms with Crippen LogP contribution in [0.15, 0.2) is 29.7 Å². The lowest BCUT2D eigenvalue weighted by molar-refractivity contribution is -0.0519. The summed E-state index contributed by atoms with van der Waals surface area (Å²) in [6, 6.07) is 0.696. The summed E-state index contributed by atoms with van der Waals surface area (Å²) in [6.45, 7) is -1.01. The van der Waals surface area contributed by atoms with E-state index >= 15 is 0 Å². The molecule has 5 heterocycles. The Morgan fingerprint density at radius 2 is 2.03 bits per heavy atom. The van der Waals surface area contributed by atoms with Gasteiger partial charge in [-0.25, -0.2) is 24.3 Å². The van der Waals surface area contributed by atoms with Crippen LogP contribution in [0, 0.1) is 0 Å². The third kappa shape index (κ3) is 5.07.